The molecule has 96 valence electrons. The van der Waals surface area contributed by atoms with Crippen LogP contribution in [-0.4, -0.2) is 15.0 Å². The average Bonchev–Trinajstić information content (AvgIpc) is 2.65. The highest BCUT2D eigenvalue weighted by atomic mass is 79.9. The molecule has 0 fully saturated rings. The third kappa shape index (κ3) is 2.15. The van der Waals surface area contributed by atoms with Gasteiger partial charge in [0.1, 0.15) is 10.8 Å². The van der Waals surface area contributed by atoms with Gasteiger partial charge in [0.2, 0.25) is 0 Å². The molecule has 0 radical (unpaired) electrons. The molecule has 3 nitrogen and oxygen atoms in total. The molecule has 0 saturated carbocycles. The van der Waals surface area contributed by atoms with Crippen molar-refractivity contribution >= 4 is 38.6 Å². The van der Waals surface area contributed by atoms with Gasteiger partial charge in [0.15, 0.2) is 5.82 Å². The van der Waals surface area contributed by atoms with E-state index in [0.29, 0.717) is 11.0 Å². The summed E-state index contributed by atoms with van der Waals surface area (Å²) in [6, 6.07) is 8.13. The van der Waals surface area contributed by atoms with E-state index in [1.54, 1.807) is 0 Å². The number of benzene rings is 1. The molecule has 5 heteroatoms. The van der Waals surface area contributed by atoms with Crippen LogP contribution in [0, 0.1) is 13.8 Å². The number of halogens is 2. The van der Waals surface area contributed by atoms with Crippen LogP contribution in [0.1, 0.15) is 11.3 Å². The first-order valence-electron chi connectivity index (χ1n) is 5.84. The van der Waals surface area contributed by atoms with Crippen LogP contribution in [0.15, 0.2) is 28.7 Å². The molecule has 0 atom stereocenters. The summed E-state index contributed by atoms with van der Waals surface area (Å²) >= 11 is 9.53. The van der Waals surface area contributed by atoms with Crippen LogP contribution in [0.5, 0.6) is 0 Å². The van der Waals surface area contributed by atoms with Gasteiger partial charge in [-0.1, -0.05) is 35.4 Å². The maximum Gasteiger partial charge on any atom is 0.161 e. The Morgan fingerprint density at radius 2 is 2.00 bits per heavy atom. The summed E-state index contributed by atoms with van der Waals surface area (Å²) in [6.07, 6.45) is 0. The summed E-state index contributed by atoms with van der Waals surface area (Å²) in [4.78, 5) is 12.2. The molecule has 2 heterocycles. The summed E-state index contributed by atoms with van der Waals surface area (Å²) in [5.74, 6) is 0.708. The molecule has 3 aromatic rings. The summed E-state index contributed by atoms with van der Waals surface area (Å²) < 4.78 is 0.817. The van der Waals surface area contributed by atoms with Gasteiger partial charge in [-0.3, -0.25) is 0 Å². The largest absolute Gasteiger partial charge is 0.329 e. The summed E-state index contributed by atoms with van der Waals surface area (Å²) in [6.45, 7) is 4.01. The molecule has 0 spiro atoms. The molecular weight excluding hydrogens is 326 g/mol. The van der Waals surface area contributed by atoms with Crippen LogP contribution in [0.25, 0.3) is 22.4 Å². The highest BCUT2D eigenvalue weighted by Gasteiger charge is 2.14. The first kappa shape index (κ1) is 12.6. The number of rotatable bonds is 1. The van der Waals surface area contributed by atoms with Gasteiger partial charge in [0.05, 0.1) is 15.6 Å². The van der Waals surface area contributed by atoms with Crippen molar-refractivity contribution in [1.82, 2.24) is 15.0 Å². The van der Waals surface area contributed by atoms with E-state index in [9.17, 15) is 0 Å². The maximum absolute atomic E-state index is 6.08. The van der Waals surface area contributed by atoms with E-state index in [1.165, 1.54) is 5.56 Å². The molecular formula is C14H11BrClN3. The van der Waals surface area contributed by atoms with E-state index >= 15 is 0 Å². The fourth-order valence-electron chi connectivity index (χ4n) is 2.11. The molecule has 0 amide bonds. The van der Waals surface area contributed by atoms with Crippen molar-refractivity contribution in [2.24, 2.45) is 0 Å². The van der Waals surface area contributed by atoms with Crippen LogP contribution in [-0.2, 0) is 0 Å². The number of aryl methyl sites for hydroxylation is 2. The minimum absolute atomic E-state index is 0.550. The Hall–Kier alpha value is -1.39. The Bertz CT molecular complexity index is 780. The number of hydrogen-bond acceptors (Lipinski definition) is 2. The van der Waals surface area contributed by atoms with Crippen molar-refractivity contribution in [3.8, 4) is 11.4 Å². The number of nitrogens with zero attached hydrogens (tertiary/aromatic N) is 2. The standard InChI is InChI=1S/C14H11BrClN3/c1-7-4-3-5-9(6-7)13-17-8(2)10-11(15)12(16)18-14(10)19-13/h3-6H,1-2H3,(H,17,18,19). The quantitative estimate of drug-likeness (QED) is 0.702. The number of fused-ring (bicyclic) bond motifs is 1. The fraction of sp³-hybridized carbons (Fsp3) is 0.143. The lowest BCUT2D eigenvalue weighted by atomic mass is 10.1. The van der Waals surface area contributed by atoms with Gasteiger partial charge in [-0.15, -0.1) is 0 Å². The van der Waals surface area contributed by atoms with Crippen molar-refractivity contribution in [1.29, 1.82) is 0 Å². The number of aromatic nitrogens is 3. The van der Waals surface area contributed by atoms with Gasteiger partial charge in [0.25, 0.3) is 0 Å². The van der Waals surface area contributed by atoms with Crippen LogP contribution in [0.2, 0.25) is 5.15 Å². The fourth-order valence-corrected chi connectivity index (χ4v) is 2.87. The third-order valence-electron chi connectivity index (χ3n) is 3.01. The molecule has 1 N–H and O–H groups in total. The first-order chi connectivity index (χ1) is 9.06. The Morgan fingerprint density at radius 1 is 1.21 bits per heavy atom. The van der Waals surface area contributed by atoms with Gasteiger partial charge >= 0.3 is 0 Å². The second-order valence-electron chi connectivity index (χ2n) is 4.48. The van der Waals surface area contributed by atoms with Crippen LogP contribution >= 0.6 is 27.5 Å². The monoisotopic (exact) mass is 335 g/mol. The van der Waals surface area contributed by atoms with E-state index in [-0.39, 0.29) is 0 Å². The lowest BCUT2D eigenvalue weighted by molar-refractivity contribution is 1.15. The molecule has 19 heavy (non-hydrogen) atoms. The Balaban J connectivity index is 2.27. The van der Waals surface area contributed by atoms with Crippen LogP contribution < -0.4 is 0 Å². The normalized spacial score (nSPS) is 11.2. The van der Waals surface area contributed by atoms with Gasteiger partial charge < -0.3 is 4.98 Å². The topological polar surface area (TPSA) is 41.6 Å². The smallest absolute Gasteiger partial charge is 0.161 e. The zero-order valence-corrected chi connectivity index (χ0v) is 12.8. The van der Waals surface area contributed by atoms with E-state index < -0.39 is 0 Å². The highest BCUT2D eigenvalue weighted by Crippen LogP contribution is 2.33. The van der Waals surface area contributed by atoms with Crippen molar-refractivity contribution in [3.05, 3.63) is 45.1 Å². The molecule has 0 aliphatic heterocycles. The Morgan fingerprint density at radius 3 is 2.74 bits per heavy atom. The third-order valence-corrected chi connectivity index (χ3v) is 4.31. The average molecular weight is 337 g/mol. The van der Waals surface area contributed by atoms with Gasteiger partial charge in [-0.25, -0.2) is 9.97 Å². The molecule has 0 aliphatic carbocycles. The summed E-state index contributed by atoms with van der Waals surface area (Å²) in [7, 11) is 0. The highest BCUT2D eigenvalue weighted by molar-refractivity contribution is 9.10. The second-order valence-corrected chi connectivity index (χ2v) is 5.65. The maximum atomic E-state index is 6.08. The van der Waals surface area contributed by atoms with Crippen molar-refractivity contribution in [2.75, 3.05) is 0 Å². The number of nitrogens with one attached hydrogen (secondary N) is 1. The lowest BCUT2D eigenvalue weighted by Gasteiger charge is -2.04. The molecule has 0 bridgehead atoms. The first-order valence-corrected chi connectivity index (χ1v) is 7.01. The predicted octanol–water partition coefficient (Wildman–Crippen LogP) is 4.66. The van der Waals surface area contributed by atoms with Gasteiger partial charge in [-0.05, 0) is 35.8 Å². The minimum Gasteiger partial charge on any atom is -0.329 e. The summed E-state index contributed by atoms with van der Waals surface area (Å²) in [5, 5.41) is 1.48. The SMILES string of the molecule is Cc1cccc(-c2nc(C)c3c(Br)c(Cl)[nH]c3n2)c1. The minimum atomic E-state index is 0.550. The van der Waals surface area contributed by atoms with Crippen LogP contribution in [0.3, 0.4) is 0 Å². The lowest BCUT2D eigenvalue weighted by Crippen LogP contribution is -1.93. The number of hydrogen-bond donors (Lipinski definition) is 1. The van der Waals surface area contributed by atoms with Crippen LogP contribution in [0.4, 0.5) is 0 Å². The van der Waals surface area contributed by atoms with Crippen molar-refractivity contribution in [3.63, 3.8) is 0 Å². The van der Waals surface area contributed by atoms with E-state index in [0.717, 1.165) is 26.8 Å². The molecule has 0 unspecified atom stereocenters. The van der Waals surface area contributed by atoms with E-state index in [2.05, 4.69) is 49.9 Å². The predicted molar refractivity (Wildman–Crippen MR) is 81.5 cm³/mol. The molecule has 2 aromatic heterocycles. The molecule has 1 aromatic carbocycles. The molecule has 0 aliphatic rings. The number of H-pyrrole nitrogens is 1. The number of aromatic amines is 1. The molecule has 0 saturated heterocycles. The van der Waals surface area contributed by atoms with Gasteiger partial charge in [-0.2, -0.15) is 0 Å². The van der Waals surface area contributed by atoms with E-state index in [1.807, 2.05) is 19.1 Å². The Kier molecular flexibility index (Phi) is 3.07. The zero-order chi connectivity index (χ0) is 13.6. The second kappa shape index (κ2) is 4.62. The van der Waals surface area contributed by atoms with Crippen molar-refractivity contribution < 1.29 is 0 Å². The summed E-state index contributed by atoms with van der Waals surface area (Å²) in [5.41, 5.74) is 3.84. The zero-order valence-electron chi connectivity index (χ0n) is 10.5. The van der Waals surface area contributed by atoms with E-state index in [4.69, 9.17) is 11.6 Å². The Labute approximate surface area is 124 Å². The van der Waals surface area contributed by atoms with Gasteiger partial charge in [0, 0.05) is 5.56 Å². The van der Waals surface area contributed by atoms with Crippen molar-refractivity contribution in [2.45, 2.75) is 13.8 Å². The molecule has 3 rings (SSSR count).